The molecule has 0 saturated heterocycles. The topological polar surface area (TPSA) is 29.1 Å². The summed E-state index contributed by atoms with van der Waals surface area (Å²) >= 11 is 0. The lowest BCUT2D eigenvalue weighted by Gasteiger charge is -2.14. The van der Waals surface area contributed by atoms with Gasteiger partial charge in [-0.25, -0.2) is 0 Å². The van der Waals surface area contributed by atoms with Gasteiger partial charge < -0.3 is 5.32 Å². The zero-order valence-electron chi connectivity index (χ0n) is 8.05. The predicted octanol–water partition coefficient (Wildman–Crippen LogP) is 1.56. The van der Waals surface area contributed by atoms with Crippen molar-refractivity contribution < 1.29 is 4.79 Å². The minimum atomic E-state index is 0.0882. The third kappa shape index (κ3) is 4.02. The predicted molar refractivity (Wildman–Crippen MR) is 50.5 cm³/mol. The Hall–Kier alpha value is -0.970. The van der Waals surface area contributed by atoms with Crippen LogP contribution in [0.1, 0.15) is 33.6 Å². The Morgan fingerprint density at radius 2 is 2.17 bits per heavy atom. The highest BCUT2D eigenvalue weighted by Crippen LogP contribution is 2.01. The van der Waals surface area contributed by atoms with E-state index in [4.69, 9.17) is 6.42 Å². The quantitative estimate of drug-likeness (QED) is 0.632. The van der Waals surface area contributed by atoms with E-state index in [1.54, 1.807) is 0 Å². The molecule has 2 unspecified atom stereocenters. The fraction of sp³-hybridized carbons (Fsp3) is 0.700. The van der Waals surface area contributed by atoms with Crippen LogP contribution in [0, 0.1) is 18.3 Å². The molecule has 2 nitrogen and oxygen atoms in total. The van der Waals surface area contributed by atoms with Crippen LogP contribution in [0.25, 0.3) is 0 Å². The summed E-state index contributed by atoms with van der Waals surface area (Å²) in [6.45, 7) is 5.83. The van der Waals surface area contributed by atoms with Crippen molar-refractivity contribution in [3.05, 3.63) is 0 Å². The lowest BCUT2D eigenvalue weighted by atomic mass is 10.1. The maximum Gasteiger partial charge on any atom is 0.223 e. The van der Waals surface area contributed by atoms with Gasteiger partial charge in [0.25, 0.3) is 0 Å². The van der Waals surface area contributed by atoms with Crippen LogP contribution in [-0.2, 0) is 4.79 Å². The van der Waals surface area contributed by atoms with Gasteiger partial charge in [0.2, 0.25) is 5.91 Å². The Labute approximate surface area is 74.7 Å². The standard InChI is InChI=1S/C10H17NO/c1-5-7-9(4)11-10(12)8(3)6-2/h1,8-9H,6-7H2,2-4H3,(H,11,12). The SMILES string of the molecule is C#CCC(C)NC(=O)C(C)CC. The molecule has 0 radical (unpaired) electrons. The average molecular weight is 167 g/mol. The Bertz CT molecular complexity index is 181. The van der Waals surface area contributed by atoms with Crippen LogP contribution in [0.2, 0.25) is 0 Å². The second kappa shape index (κ2) is 5.65. The monoisotopic (exact) mass is 167 g/mol. The number of nitrogens with one attached hydrogen (secondary N) is 1. The van der Waals surface area contributed by atoms with Crippen molar-refractivity contribution in [1.29, 1.82) is 0 Å². The van der Waals surface area contributed by atoms with E-state index in [-0.39, 0.29) is 17.9 Å². The summed E-state index contributed by atoms with van der Waals surface area (Å²) in [5, 5.41) is 2.85. The second-order valence-electron chi connectivity index (χ2n) is 3.13. The molecule has 12 heavy (non-hydrogen) atoms. The van der Waals surface area contributed by atoms with Gasteiger partial charge in [0.15, 0.2) is 0 Å². The van der Waals surface area contributed by atoms with Gasteiger partial charge in [-0.3, -0.25) is 4.79 Å². The number of amides is 1. The summed E-state index contributed by atoms with van der Waals surface area (Å²) in [6.07, 6.45) is 6.58. The first-order valence-corrected chi connectivity index (χ1v) is 4.35. The van der Waals surface area contributed by atoms with Crippen LogP contribution >= 0.6 is 0 Å². The minimum Gasteiger partial charge on any atom is -0.352 e. The van der Waals surface area contributed by atoms with E-state index in [2.05, 4.69) is 11.2 Å². The van der Waals surface area contributed by atoms with Crippen molar-refractivity contribution in [2.45, 2.75) is 39.7 Å². The molecule has 0 saturated carbocycles. The highest BCUT2D eigenvalue weighted by Gasteiger charge is 2.11. The largest absolute Gasteiger partial charge is 0.352 e. The third-order valence-electron chi connectivity index (χ3n) is 1.87. The maximum atomic E-state index is 11.3. The van der Waals surface area contributed by atoms with E-state index in [9.17, 15) is 4.79 Å². The van der Waals surface area contributed by atoms with Crippen LogP contribution in [0.3, 0.4) is 0 Å². The zero-order valence-corrected chi connectivity index (χ0v) is 8.05. The zero-order chi connectivity index (χ0) is 9.56. The van der Waals surface area contributed by atoms with E-state index < -0.39 is 0 Å². The maximum absolute atomic E-state index is 11.3. The minimum absolute atomic E-state index is 0.0882. The van der Waals surface area contributed by atoms with Crippen molar-refractivity contribution >= 4 is 5.91 Å². The van der Waals surface area contributed by atoms with Gasteiger partial charge in [-0.15, -0.1) is 12.3 Å². The molecule has 0 aliphatic heterocycles. The van der Waals surface area contributed by atoms with E-state index in [0.29, 0.717) is 6.42 Å². The first-order valence-electron chi connectivity index (χ1n) is 4.35. The van der Waals surface area contributed by atoms with E-state index in [1.807, 2.05) is 20.8 Å². The molecule has 0 aromatic rings. The molecule has 0 rings (SSSR count). The van der Waals surface area contributed by atoms with Gasteiger partial charge in [0.1, 0.15) is 0 Å². The molecule has 2 atom stereocenters. The number of terminal acetylenes is 1. The van der Waals surface area contributed by atoms with Crippen LogP contribution < -0.4 is 5.32 Å². The normalized spacial score (nSPS) is 14.5. The molecular weight excluding hydrogens is 150 g/mol. The van der Waals surface area contributed by atoms with Crippen molar-refractivity contribution in [2.75, 3.05) is 0 Å². The summed E-state index contributed by atoms with van der Waals surface area (Å²) < 4.78 is 0. The number of rotatable bonds is 4. The van der Waals surface area contributed by atoms with Gasteiger partial charge in [-0.1, -0.05) is 13.8 Å². The summed E-state index contributed by atoms with van der Waals surface area (Å²) in [4.78, 5) is 11.3. The van der Waals surface area contributed by atoms with Crippen molar-refractivity contribution in [3.63, 3.8) is 0 Å². The van der Waals surface area contributed by atoms with Crippen molar-refractivity contribution in [2.24, 2.45) is 5.92 Å². The van der Waals surface area contributed by atoms with Gasteiger partial charge >= 0.3 is 0 Å². The molecule has 0 heterocycles. The van der Waals surface area contributed by atoms with Crippen LogP contribution in [0.15, 0.2) is 0 Å². The summed E-state index contributed by atoms with van der Waals surface area (Å²) in [5.74, 6) is 2.70. The van der Waals surface area contributed by atoms with Gasteiger partial charge in [-0.2, -0.15) is 0 Å². The molecule has 0 spiro atoms. The molecule has 0 aliphatic rings. The van der Waals surface area contributed by atoms with Crippen LogP contribution in [0.4, 0.5) is 0 Å². The van der Waals surface area contributed by atoms with E-state index in [1.165, 1.54) is 0 Å². The molecule has 1 amide bonds. The Morgan fingerprint density at radius 1 is 1.58 bits per heavy atom. The Kier molecular flexibility index (Phi) is 5.19. The van der Waals surface area contributed by atoms with E-state index in [0.717, 1.165) is 6.42 Å². The number of carbonyl (C=O) groups excluding carboxylic acids is 1. The molecule has 0 aliphatic carbocycles. The molecule has 0 bridgehead atoms. The summed E-state index contributed by atoms with van der Waals surface area (Å²) in [5.41, 5.74) is 0. The van der Waals surface area contributed by atoms with E-state index >= 15 is 0 Å². The lowest BCUT2D eigenvalue weighted by Crippen LogP contribution is -2.35. The third-order valence-corrected chi connectivity index (χ3v) is 1.87. The first kappa shape index (κ1) is 11.0. The van der Waals surface area contributed by atoms with Gasteiger partial charge in [0.05, 0.1) is 0 Å². The van der Waals surface area contributed by atoms with Gasteiger partial charge in [-0.05, 0) is 13.3 Å². The number of hydrogen-bond acceptors (Lipinski definition) is 1. The van der Waals surface area contributed by atoms with Gasteiger partial charge in [0, 0.05) is 18.4 Å². The highest BCUT2D eigenvalue weighted by molar-refractivity contribution is 5.78. The number of hydrogen-bond donors (Lipinski definition) is 1. The lowest BCUT2D eigenvalue weighted by molar-refractivity contribution is -0.125. The molecule has 0 aromatic heterocycles. The van der Waals surface area contributed by atoms with Crippen LogP contribution in [-0.4, -0.2) is 11.9 Å². The molecule has 0 fully saturated rings. The van der Waals surface area contributed by atoms with Crippen molar-refractivity contribution in [3.8, 4) is 12.3 Å². The molecule has 68 valence electrons. The number of carbonyl (C=O) groups is 1. The average Bonchev–Trinajstić information content (AvgIpc) is 2.03. The fourth-order valence-electron chi connectivity index (χ4n) is 0.798. The Balaban J connectivity index is 3.77. The fourth-order valence-corrected chi connectivity index (χ4v) is 0.798. The summed E-state index contributed by atoms with van der Waals surface area (Å²) in [7, 11) is 0. The molecule has 0 aromatic carbocycles. The summed E-state index contributed by atoms with van der Waals surface area (Å²) in [6, 6.07) is 0.0940. The molecule has 2 heteroatoms. The smallest absolute Gasteiger partial charge is 0.223 e. The molecule has 1 N–H and O–H groups in total. The van der Waals surface area contributed by atoms with Crippen LogP contribution in [0.5, 0.6) is 0 Å². The highest BCUT2D eigenvalue weighted by atomic mass is 16.1. The molecular formula is C10H17NO. The van der Waals surface area contributed by atoms with Crippen molar-refractivity contribution in [1.82, 2.24) is 5.32 Å². The second-order valence-corrected chi connectivity index (χ2v) is 3.13. The Morgan fingerprint density at radius 3 is 2.58 bits per heavy atom. The first-order chi connectivity index (χ1) is 5.61.